The second-order valence-electron chi connectivity index (χ2n) is 6.28. The molecule has 1 aliphatic rings. The molecule has 134 valence electrons. The number of fused-ring (bicyclic) bond motifs is 1. The van der Waals surface area contributed by atoms with Gasteiger partial charge in [-0.05, 0) is 24.8 Å². The van der Waals surface area contributed by atoms with Gasteiger partial charge in [-0.3, -0.25) is 0 Å². The number of ether oxygens (including phenoxy) is 1. The Labute approximate surface area is 147 Å². The zero-order valence-electron chi connectivity index (χ0n) is 14.6. The molecule has 1 unspecified atom stereocenters. The van der Waals surface area contributed by atoms with Crippen LogP contribution >= 0.6 is 0 Å². The summed E-state index contributed by atoms with van der Waals surface area (Å²) in [6, 6.07) is 10.2. The molecule has 2 aromatic rings. The van der Waals surface area contributed by atoms with Crippen molar-refractivity contribution in [3.05, 3.63) is 47.5 Å². The molecule has 2 amide bonds. The molecule has 7 heteroatoms. The molecule has 1 aromatic heterocycles. The number of nitrogens with zero attached hydrogens (tertiary/aromatic N) is 3. The molecule has 0 saturated carbocycles. The van der Waals surface area contributed by atoms with E-state index >= 15 is 0 Å². The first kappa shape index (κ1) is 17.4. The lowest BCUT2D eigenvalue weighted by atomic mass is 10.1. The van der Waals surface area contributed by atoms with Crippen molar-refractivity contribution in [2.45, 2.75) is 44.9 Å². The summed E-state index contributed by atoms with van der Waals surface area (Å²) in [4.78, 5) is 12.1. The summed E-state index contributed by atoms with van der Waals surface area (Å²) in [7, 11) is 1.66. The van der Waals surface area contributed by atoms with Gasteiger partial charge in [-0.1, -0.05) is 30.3 Å². The summed E-state index contributed by atoms with van der Waals surface area (Å²) in [5.74, 6) is 1.83. The second-order valence-corrected chi connectivity index (χ2v) is 6.28. The number of hydrogen-bond donors (Lipinski definition) is 2. The van der Waals surface area contributed by atoms with Gasteiger partial charge in [-0.2, -0.15) is 0 Å². The van der Waals surface area contributed by atoms with Crippen LogP contribution in [0.5, 0.6) is 0 Å². The highest BCUT2D eigenvalue weighted by Gasteiger charge is 2.21. The van der Waals surface area contributed by atoms with Crippen LogP contribution in [0.1, 0.15) is 30.1 Å². The maximum absolute atomic E-state index is 12.1. The van der Waals surface area contributed by atoms with E-state index in [1.54, 1.807) is 7.11 Å². The first-order valence-electron chi connectivity index (χ1n) is 8.74. The number of rotatable bonds is 6. The molecule has 2 N–H and O–H groups in total. The number of methoxy groups -OCH3 is 1. The molecule has 0 bridgehead atoms. The minimum absolute atomic E-state index is 0.101. The fourth-order valence-corrected chi connectivity index (χ4v) is 3.13. The smallest absolute Gasteiger partial charge is 0.315 e. The number of carbonyl (C=O) groups excluding carboxylic acids is 1. The van der Waals surface area contributed by atoms with Crippen LogP contribution in [-0.2, 0) is 30.7 Å². The summed E-state index contributed by atoms with van der Waals surface area (Å²) in [6.07, 6.45) is 3.39. The van der Waals surface area contributed by atoms with Gasteiger partial charge in [-0.25, -0.2) is 4.79 Å². The summed E-state index contributed by atoms with van der Waals surface area (Å²) < 4.78 is 7.27. The molecular formula is C18H25N5O2. The lowest BCUT2D eigenvalue weighted by Gasteiger charge is -2.16. The SMILES string of the molecule is COCc1nnc2n1CCC(NC(=O)NCCc1ccccc1)CC2. The predicted octanol–water partition coefficient (Wildman–Crippen LogP) is 1.67. The number of benzene rings is 1. The van der Waals surface area contributed by atoms with E-state index in [1.165, 1.54) is 5.56 Å². The number of nitrogens with one attached hydrogen (secondary N) is 2. The average Bonchev–Trinajstić information content (AvgIpc) is 2.89. The van der Waals surface area contributed by atoms with Crippen LogP contribution in [0.15, 0.2) is 30.3 Å². The topological polar surface area (TPSA) is 81.1 Å². The number of amides is 2. The largest absolute Gasteiger partial charge is 0.377 e. The number of aromatic nitrogens is 3. The monoisotopic (exact) mass is 343 g/mol. The van der Waals surface area contributed by atoms with Gasteiger partial charge < -0.3 is 19.9 Å². The molecule has 1 aromatic carbocycles. The third kappa shape index (κ3) is 4.79. The molecule has 7 nitrogen and oxygen atoms in total. The number of urea groups is 1. The van der Waals surface area contributed by atoms with Crippen molar-refractivity contribution < 1.29 is 9.53 Å². The fourth-order valence-electron chi connectivity index (χ4n) is 3.13. The van der Waals surface area contributed by atoms with Crippen LogP contribution < -0.4 is 10.6 Å². The Kier molecular flexibility index (Phi) is 6.00. The van der Waals surface area contributed by atoms with E-state index in [0.717, 1.165) is 43.9 Å². The molecule has 0 aliphatic carbocycles. The molecule has 1 aliphatic heterocycles. The Balaban J connectivity index is 1.43. The van der Waals surface area contributed by atoms with Crippen LogP contribution in [0.25, 0.3) is 0 Å². The van der Waals surface area contributed by atoms with Crippen molar-refractivity contribution in [2.24, 2.45) is 0 Å². The first-order valence-corrected chi connectivity index (χ1v) is 8.74. The normalized spacial score (nSPS) is 16.8. The molecule has 0 spiro atoms. The van der Waals surface area contributed by atoms with Crippen LogP contribution in [0, 0.1) is 0 Å². The van der Waals surface area contributed by atoms with E-state index in [-0.39, 0.29) is 12.1 Å². The maximum Gasteiger partial charge on any atom is 0.315 e. The van der Waals surface area contributed by atoms with Crippen LogP contribution in [0.3, 0.4) is 0 Å². The molecule has 1 atom stereocenters. The molecular weight excluding hydrogens is 318 g/mol. The van der Waals surface area contributed by atoms with E-state index in [9.17, 15) is 4.79 Å². The van der Waals surface area contributed by atoms with Crippen molar-refractivity contribution in [3.8, 4) is 0 Å². The van der Waals surface area contributed by atoms with Gasteiger partial charge in [-0.15, -0.1) is 10.2 Å². The molecule has 3 rings (SSSR count). The Hall–Kier alpha value is -2.41. The third-order valence-electron chi connectivity index (χ3n) is 4.47. The number of aryl methyl sites for hydroxylation is 1. The van der Waals surface area contributed by atoms with Gasteiger partial charge >= 0.3 is 6.03 Å². The highest BCUT2D eigenvalue weighted by Crippen LogP contribution is 2.15. The Bertz CT molecular complexity index is 686. The fraction of sp³-hybridized carbons (Fsp3) is 0.500. The number of hydrogen-bond acceptors (Lipinski definition) is 4. The predicted molar refractivity (Wildman–Crippen MR) is 94.1 cm³/mol. The van der Waals surface area contributed by atoms with Gasteiger partial charge in [0.25, 0.3) is 0 Å². The summed E-state index contributed by atoms with van der Waals surface area (Å²) in [6.45, 7) is 1.90. The van der Waals surface area contributed by atoms with Gasteiger partial charge in [0.1, 0.15) is 12.4 Å². The number of carbonyl (C=O) groups is 1. The van der Waals surface area contributed by atoms with Gasteiger partial charge in [0, 0.05) is 32.7 Å². The van der Waals surface area contributed by atoms with Crippen molar-refractivity contribution in [1.82, 2.24) is 25.4 Å². The average molecular weight is 343 g/mol. The molecule has 0 radical (unpaired) electrons. The minimum Gasteiger partial charge on any atom is -0.377 e. The maximum atomic E-state index is 12.1. The van der Waals surface area contributed by atoms with Crippen molar-refractivity contribution >= 4 is 6.03 Å². The lowest BCUT2D eigenvalue weighted by molar-refractivity contribution is 0.173. The zero-order chi connectivity index (χ0) is 17.5. The quantitative estimate of drug-likeness (QED) is 0.836. The van der Waals surface area contributed by atoms with Gasteiger partial charge in [0.2, 0.25) is 0 Å². The summed E-state index contributed by atoms with van der Waals surface area (Å²) in [5.41, 5.74) is 1.22. The third-order valence-corrected chi connectivity index (χ3v) is 4.47. The van der Waals surface area contributed by atoms with Crippen LogP contribution in [0.4, 0.5) is 4.79 Å². The highest BCUT2D eigenvalue weighted by atomic mass is 16.5. The zero-order valence-corrected chi connectivity index (χ0v) is 14.6. The van der Waals surface area contributed by atoms with Crippen molar-refractivity contribution in [1.29, 1.82) is 0 Å². The van der Waals surface area contributed by atoms with E-state index < -0.39 is 0 Å². The lowest BCUT2D eigenvalue weighted by Crippen LogP contribution is -2.43. The summed E-state index contributed by atoms with van der Waals surface area (Å²) >= 11 is 0. The second kappa shape index (κ2) is 8.62. The van der Waals surface area contributed by atoms with Gasteiger partial charge in [0.15, 0.2) is 5.82 Å². The Morgan fingerprint density at radius 3 is 2.92 bits per heavy atom. The molecule has 25 heavy (non-hydrogen) atoms. The van der Waals surface area contributed by atoms with E-state index in [4.69, 9.17) is 4.74 Å². The van der Waals surface area contributed by atoms with Crippen molar-refractivity contribution in [3.63, 3.8) is 0 Å². The highest BCUT2D eigenvalue weighted by molar-refractivity contribution is 5.74. The van der Waals surface area contributed by atoms with Crippen molar-refractivity contribution in [2.75, 3.05) is 13.7 Å². The Morgan fingerprint density at radius 2 is 2.12 bits per heavy atom. The summed E-state index contributed by atoms with van der Waals surface area (Å²) in [5, 5.41) is 14.4. The standard InChI is InChI=1S/C18H25N5O2/c1-25-13-17-22-21-16-8-7-15(10-12-23(16)17)20-18(24)19-11-9-14-5-3-2-4-6-14/h2-6,15H,7-13H2,1H3,(H2,19,20,24). The minimum atomic E-state index is -0.101. The molecule has 0 fully saturated rings. The van der Waals surface area contributed by atoms with Crippen LogP contribution in [-0.4, -0.2) is 40.5 Å². The Morgan fingerprint density at radius 1 is 1.28 bits per heavy atom. The first-order chi connectivity index (χ1) is 12.3. The molecule has 0 saturated heterocycles. The van der Waals surface area contributed by atoms with E-state index in [0.29, 0.717) is 13.2 Å². The van der Waals surface area contributed by atoms with Gasteiger partial charge in [0.05, 0.1) is 0 Å². The molecule has 2 heterocycles. The van der Waals surface area contributed by atoms with Crippen LogP contribution in [0.2, 0.25) is 0 Å². The van der Waals surface area contributed by atoms with E-state index in [1.807, 2.05) is 18.2 Å². The van der Waals surface area contributed by atoms with E-state index in [2.05, 4.69) is 37.5 Å².